The van der Waals surface area contributed by atoms with E-state index in [1.165, 1.54) is 12.0 Å². The van der Waals surface area contributed by atoms with Gasteiger partial charge in [0.15, 0.2) is 9.84 Å². The van der Waals surface area contributed by atoms with Gasteiger partial charge in [-0.15, -0.1) is 11.6 Å². The molecule has 0 bridgehead atoms. The fourth-order valence-corrected chi connectivity index (χ4v) is 7.88. The maximum Gasteiger partial charge on any atom is 0.168 e. The van der Waals surface area contributed by atoms with Crippen molar-refractivity contribution in [1.82, 2.24) is 0 Å². The summed E-state index contributed by atoms with van der Waals surface area (Å²) in [4.78, 5) is 0. The minimum atomic E-state index is -3.12. The Kier molecular flexibility index (Phi) is 2.88. The highest BCUT2D eigenvalue weighted by molar-refractivity contribution is 7.93. The minimum absolute atomic E-state index is 0.0619. The van der Waals surface area contributed by atoms with Crippen molar-refractivity contribution >= 4 is 21.4 Å². The van der Waals surface area contributed by atoms with Crippen LogP contribution in [0.3, 0.4) is 0 Å². The van der Waals surface area contributed by atoms with Gasteiger partial charge in [0.1, 0.15) is 4.71 Å². The minimum Gasteiger partial charge on any atom is -0.227 e. The summed E-state index contributed by atoms with van der Waals surface area (Å²) >= 11 is 6.44. The molecule has 2 nitrogen and oxygen atoms in total. The monoisotopic (exact) mass is 288 g/mol. The molecule has 0 amide bonds. The molecule has 2 fully saturated rings. The Balaban J connectivity index is 2.16. The Labute approximate surface area is 115 Å². The van der Waals surface area contributed by atoms with E-state index in [-0.39, 0.29) is 10.8 Å². The van der Waals surface area contributed by atoms with Crippen LogP contribution in [0.2, 0.25) is 0 Å². The molecule has 0 N–H and O–H groups in total. The highest BCUT2D eigenvalue weighted by Crippen LogP contribution is 2.66. The molecule has 18 heavy (non-hydrogen) atoms. The molecule has 0 aromatic heterocycles. The summed E-state index contributed by atoms with van der Waals surface area (Å²) in [5, 5.41) is 0. The van der Waals surface area contributed by atoms with E-state index in [1.807, 2.05) is 0 Å². The lowest BCUT2D eigenvalue weighted by Crippen LogP contribution is -2.44. The maximum absolute atomic E-state index is 12.3. The van der Waals surface area contributed by atoms with Gasteiger partial charge in [0, 0.05) is 5.41 Å². The first-order valence-electron chi connectivity index (χ1n) is 6.93. The molecule has 2 aliphatic carbocycles. The van der Waals surface area contributed by atoms with Crippen molar-refractivity contribution in [1.29, 1.82) is 0 Å². The normalized spacial score (nSPS) is 46.8. The maximum atomic E-state index is 12.3. The van der Waals surface area contributed by atoms with Gasteiger partial charge in [-0.05, 0) is 38.0 Å². The Bertz CT molecular complexity index is 496. The molecule has 3 rings (SSSR count). The summed E-state index contributed by atoms with van der Waals surface area (Å²) in [6.07, 6.45) is 9.60. The van der Waals surface area contributed by atoms with E-state index >= 15 is 0 Å². The molecule has 3 aliphatic rings. The highest BCUT2D eigenvalue weighted by Gasteiger charge is 2.66. The van der Waals surface area contributed by atoms with Crippen molar-refractivity contribution < 1.29 is 8.42 Å². The van der Waals surface area contributed by atoms with Crippen LogP contribution in [0, 0.1) is 10.8 Å². The number of sulfone groups is 1. The van der Waals surface area contributed by atoms with Gasteiger partial charge in [0.05, 0.1) is 5.75 Å². The van der Waals surface area contributed by atoms with Gasteiger partial charge in [0.2, 0.25) is 0 Å². The van der Waals surface area contributed by atoms with E-state index < -0.39 is 14.5 Å². The van der Waals surface area contributed by atoms with Crippen LogP contribution in [0.1, 0.15) is 51.9 Å². The van der Waals surface area contributed by atoms with Crippen molar-refractivity contribution in [3.05, 3.63) is 11.6 Å². The lowest BCUT2D eigenvalue weighted by Gasteiger charge is -2.48. The van der Waals surface area contributed by atoms with Crippen LogP contribution in [0.15, 0.2) is 11.6 Å². The van der Waals surface area contributed by atoms with E-state index in [0.29, 0.717) is 5.75 Å². The van der Waals surface area contributed by atoms with E-state index in [0.717, 1.165) is 38.5 Å². The second kappa shape index (κ2) is 3.99. The van der Waals surface area contributed by atoms with Gasteiger partial charge >= 0.3 is 0 Å². The van der Waals surface area contributed by atoms with Crippen LogP contribution in [-0.2, 0) is 9.84 Å². The summed E-state index contributed by atoms with van der Waals surface area (Å²) in [5.41, 5.74) is 1.12. The number of alkyl halides is 1. The quantitative estimate of drug-likeness (QED) is 0.503. The third kappa shape index (κ3) is 1.56. The Morgan fingerprint density at radius 1 is 1.28 bits per heavy atom. The Hall–Kier alpha value is -0.0200. The zero-order chi connectivity index (χ0) is 13.0. The van der Waals surface area contributed by atoms with Gasteiger partial charge in [0.25, 0.3) is 0 Å². The lowest BCUT2D eigenvalue weighted by atomic mass is 9.56. The number of allylic oxidation sites excluding steroid dienone is 2. The number of rotatable bonds is 0. The summed E-state index contributed by atoms with van der Waals surface area (Å²) in [6.45, 7) is 2.14. The highest BCUT2D eigenvalue weighted by atomic mass is 35.5. The van der Waals surface area contributed by atoms with Gasteiger partial charge in [-0.3, -0.25) is 0 Å². The molecule has 1 aliphatic heterocycles. The average Bonchev–Trinajstić information content (AvgIpc) is 2.42. The van der Waals surface area contributed by atoms with E-state index in [1.54, 1.807) is 0 Å². The molecular weight excluding hydrogens is 268 g/mol. The summed E-state index contributed by atoms with van der Waals surface area (Å²) < 4.78 is 24.0. The van der Waals surface area contributed by atoms with Crippen LogP contribution < -0.4 is 0 Å². The largest absolute Gasteiger partial charge is 0.227 e. The Morgan fingerprint density at radius 2 is 2.00 bits per heavy atom. The number of hydrogen-bond acceptors (Lipinski definition) is 2. The molecular formula is C14H21ClO2S. The molecule has 1 saturated carbocycles. The molecule has 0 aromatic carbocycles. The molecule has 1 heterocycles. The third-order valence-corrected chi connectivity index (χ3v) is 8.76. The van der Waals surface area contributed by atoms with Gasteiger partial charge < -0.3 is 0 Å². The van der Waals surface area contributed by atoms with Crippen LogP contribution in [-0.4, -0.2) is 18.9 Å². The van der Waals surface area contributed by atoms with Crippen LogP contribution in [0.4, 0.5) is 0 Å². The van der Waals surface area contributed by atoms with Crippen molar-refractivity contribution in [3.63, 3.8) is 0 Å². The Morgan fingerprint density at radius 3 is 2.78 bits per heavy atom. The molecule has 3 atom stereocenters. The fraction of sp³-hybridized carbons (Fsp3) is 0.857. The van der Waals surface area contributed by atoms with Crippen molar-refractivity contribution in [2.75, 3.05) is 5.75 Å². The van der Waals surface area contributed by atoms with Crippen LogP contribution in [0.25, 0.3) is 0 Å². The SMILES string of the molecule is CC1=CC[C@]23CCCCC[C@]2(C1)CS(=O)(=O)[C@H]3Cl. The molecule has 0 aromatic rings. The van der Waals surface area contributed by atoms with Crippen LogP contribution in [0.5, 0.6) is 0 Å². The topological polar surface area (TPSA) is 34.1 Å². The first-order valence-corrected chi connectivity index (χ1v) is 9.08. The molecule has 0 radical (unpaired) electrons. The molecule has 4 heteroatoms. The van der Waals surface area contributed by atoms with E-state index in [4.69, 9.17) is 11.6 Å². The first kappa shape index (κ1) is 13.0. The number of halogens is 1. The van der Waals surface area contributed by atoms with Gasteiger partial charge in [-0.25, -0.2) is 8.42 Å². The predicted molar refractivity (Wildman–Crippen MR) is 74.4 cm³/mol. The molecule has 102 valence electrons. The van der Waals surface area contributed by atoms with Crippen molar-refractivity contribution in [3.8, 4) is 0 Å². The standard InChI is InChI=1S/C14H21ClO2S/c1-11-5-8-14-7-4-2-3-6-13(14,9-11)10-18(16,17)12(14)15/h5,12H,2-4,6-10H2,1H3/t12-,13+,14+/m1/s1. The van der Waals surface area contributed by atoms with Gasteiger partial charge in [-0.1, -0.05) is 30.9 Å². The van der Waals surface area contributed by atoms with E-state index in [9.17, 15) is 8.42 Å². The molecule has 0 spiro atoms. The zero-order valence-corrected chi connectivity index (χ0v) is 12.5. The van der Waals surface area contributed by atoms with Crippen LogP contribution >= 0.6 is 11.6 Å². The van der Waals surface area contributed by atoms with E-state index in [2.05, 4.69) is 13.0 Å². The average molecular weight is 289 g/mol. The number of hydrogen-bond donors (Lipinski definition) is 0. The summed E-state index contributed by atoms with van der Waals surface area (Å²) in [5.74, 6) is 0.319. The smallest absolute Gasteiger partial charge is 0.168 e. The molecule has 1 saturated heterocycles. The van der Waals surface area contributed by atoms with Gasteiger partial charge in [-0.2, -0.15) is 0 Å². The lowest BCUT2D eigenvalue weighted by molar-refractivity contribution is 0.0655. The predicted octanol–water partition coefficient (Wildman–Crippen LogP) is 3.66. The second-order valence-corrected chi connectivity index (χ2v) is 9.33. The zero-order valence-electron chi connectivity index (χ0n) is 10.9. The third-order valence-electron chi connectivity index (χ3n) is 5.49. The molecule has 0 unspecified atom stereocenters. The second-order valence-electron chi connectivity index (χ2n) is 6.55. The summed E-state index contributed by atoms with van der Waals surface area (Å²) in [6, 6.07) is 0. The first-order chi connectivity index (χ1) is 8.42. The van der Waals surface area contributed by atoms with Crippen molar-refractivity contribution in [2.45, 2.75) is 56.6 Å². The fourth-order valence-electron chi connectivity index (χ4n) is 4.66. The summed E-state index contributed by atoms with van der Waals surface area (Å²) in [7, 11) is -3.12. The van der Waals surface area contributed by atoms with Crippen molar-refractivity contribution in [2.24, 2.45) is 10.8 Å².